The highest BCUT2D eigenvalue weighted by atomic mass is 19.1. The molecule has 2 rings (SSSR count). The lowest BCUT2D eigenvalue weighted by atomic mass is 10.0. The van der Waals surface area contributed by atoms with E-state index in [9.17, 15) is 4.39 Å². The molecule has 1 N–H and O–H groups in total. The lowest BCUT2D eigenvalue weighted by Crippen LogP contribution is -2.03. The minimum Gasteiger partial charge on any atom is -0.411 e. The maximum absolute atomic E-state index is 13.3. The molecule has 0 saturated heterocycles. The number of hydrogen-bond donors (Lipinski definition) is 1. The molecule has 1 aliphatic rings. The number of halogens is 1. The average molecular weight is 207 g/mol. The van der Waals surface area contributed by atoms with Crippen LogP contribution in [0.25, 0.3) is 0 Å². The SMILES string of the molecule is Cc1ccc(/C(CC2CC2)=N/O)cc1F. The molecule has 1 aromatic rings. The van der Waals surface area contributed by atoms with Crippen LogP contribution in [-0.4, -0.2) is 10.9 Å². The van der Waals surface area contributed by atoms with E-state index >= 15 is 0 Å². The number of benzene rings is 1. The Morgan fingerprint density at radius 2 is 2.27 bits per heavy atom. The molecule has 80 valence electrons. The van der Waals surface area contributed by atoms with Gasteiger partial charge in [0.15, 0.2) is 0 Å². The molecule has 0 spiro atoms. The third-order valence-corrected chi connectivity index (χ3v) is 2.80. The average Bonchev–Trinajstić information content (AvgIpc) is 3.02. The molecule has 0 amide bonds. The van der Waals surface area contributed by atoms with Crippen molar-refractivity contribution >= 4 is 5.71 Å². The fourth-order valence-electron chi connectivity index (χ4n) is 1.58. The van der Waals surface area contributed by atoms with Gasteiger partial charge in [0.05, 0.1) is 5.71 Å². The van der Waals surface area contributed by atoms with Crippen LogP contribution >= 0.6 is 0 Å². The van der Waals surface area contributed by atoms with Crippen molar-refractivity contribution in [3.63, 3.8) is 0 Å². The van der Waals surface area contributed by atoms with Crippen LogP contribution in [0.1, 0.15) is 30.4 Å². The largest absolute Gasteiger partial charge is 0.411 e. The zero-order chi connectivity index (χ0) is 10.8. The first kappa shape index (κ1) is 10.1. The molecule has 0 radical (unpaired) electrons. The van der Waals surface area contributed by atoms with E-state index in [2.05, 4.69) is 5.16 Å². The summed E-state index contributed by atoms with van der Waals surface area (Å²) < 4.78 is 13.3. The summed E-state index contributed by atoms with van der Waals surface area (Å²) in [4.78, 5) is 0. The molecule has 1 aliphatic carbocycles. The number of nitrogens with zero attached hydrogens (tertiary/aromatic N) is 1. The summed E-state index contributed by atoms with van der Waals surface area (Å²) in [6.45, 7) is 1.72. The van der Waals surface area contributed by atoms with Gasteiger partial charge in [-0.1, -0.05) is 17.3 Å². The molecule has 0 aromatic heterocycles. The number of oxime groups is 1. The Morgan fingerprint density at radius 3 is 2.80 bits per heavy atom. The summed E-state index contributed by atoms with van der Waals surface area (Å²) in [6.07, 6.45) is 3.12. The maximum Gasteiger partial charge on any atom is 0.126 e. The van der Waals surface area contributed by atoms with Crippen molar-refractivity contribution in [3.05, 3.63) is 35.1 Å². The van der Waals surface area contributed by atoms with Crippen molar-refractivity contribution in [1.82, 2.24) is 0 Å². The summed E-state index contributed by atoms with van der Waals surface area (Å²) in [5, 5.41) is 12.1. The summed E-state index contributed by atoms with van der Waals surface area (Å²) in [7, 11) is 0. The van der Waals surface area contributed by atoms with Gasteiger partial charge in [-0.15, -0.1) is 0 Å². The Bertz CT molecular complexity index is 397. The van der Waals surface area contributed by atoms with Gasteiger partial charge in [-0.2, -0.15) is 0 Å². The van der Waals surface area contributed by atoms with Crippen molar-refractivity contribution in [1.29, 1.82) is 0 Å². The molecule has 0 aliphatic heterocycles. The second kappa shape index (κ2) is 4.01. The molecule has 1 aromatic carbocycles. The predicted molar refractivity (Wildman–Crippen MR) is 56.8 cm³/mol. The van der Waals surface area contributed by atoms with E-state index in [4.69, 9.17) is 5.21 Å². The van der Waals surface area contributed by atoms with Crippen molar-refractivity contribution < 1.29 is 9.60 Å². The topological polar surface area (TPSA) is 32.6 Å². The van der Waals surface area contributed by atoms with Crippen LogP contribution < -0.4 is 0 Å². The highest BCUT2D eigenvalue weighted by Gasteiger charge is 2.24. The molecule has 0 unspecified atom stereocenters. The molecule has 0 heterocycles. The first-order chi connectivity index (χ1) is 7.20. The standard InChI is InChI=1S/C12H14FNO/c1-8-2-5-10(7-11(8)13)12(14-15)6-9-3-4-9/h2,5,7,9,15H,3-4,6H2,1H3/b14-12+. The fraction of sp³-hybridized carbons (Fsp3) is 0.417. The molecular weight excluding hydrogens is 193 g/mol. The molecule has 15 heavy (non-hydrogen) atoms. The monoisotopic (exact) mass is 207 g/mol. The van der Waals surface area contributed by atoms with Crippen molar-refractivity contribution in [2.45, 2.75) is 26.2 Å². The van der Waals surface area contributed by atoms with Gasteiger partial charge in [0, 0.05) is 5.56 Å². The zero-order valence-corrected chi connectivity index (χ0v) is 8.70. The van der Waals surface area contributed by atoms with Gasteiger partial charge in [0.2, 0.25) is 0 Å². The quantitative estimate of drug-likeness (QED) is 0.461. The molecule has 0 atom stereocenters. The minimum atomic E-state index is -0.246. The van der Waals surface area contributed by atoms with Gasteiger partial charge in [0.1, 0.15) is 5.82 Å². The number of hydrogen-bond acceptors (Lipinski definition) is 2. The van der Waals surface area contributed by atoms with Gasteiger partial charge >= 0.3 is 0 Å². The lowest BCUT2D eigenvalue weighted by molar-refractivity contribution is 0.317. The fourth-order valence-corrected chi connectivity index (χ4v) is 1.58. The third-order valence-electron chi connectivity index (χ3n) is 2.80. The molecule has 3 heteroatoms. The molecule has 2 nitrogen and oxygen atoms in total. The van der Waals surface area contributed by atoms with Gasteiger partial charge in [-0.05, 0) is 43.7 Å². The van der Waals surface area contributed by atoms with Crippen LogP contribution in [0.3, 0.4) is 0 Å². The predicted octanol–water partition coefficient (Wildman–Crippen LogP) is 3.11. The van der Waals surface area contributed by atoms with Crippen LogP contribution in [0.15, 0.2) is 23.4 Å². The second-order valence-electron chi connectivity index (χ2n) is 4.16. The van der Waals surface area contributed by atoms with E-state index in [1.54, 1.807) is 19.1 Å². The highest BCUT2D eigenvalue weighted by Crippen LogP contribution is 2.33. The van der Waals surface area contributed by atoms with E-state index in [1.807, 2.05) is 0 Å². The second-order valence-corrected chi connectivity index (χ2v) is 4.16. The van der Waals surface area contributed by atoms with E-state index in [-0.39, 0.29) is 5.82 Å². The Kier molecular flexibility index (Phi) is 2.71. The Balaban J connectivity index is 2.22. The van der Waals surface area contributed by atoms with Crippen LogP contribution in [-0.2, 0) is 0 Å². The lowest BCUT2D eigenvalue weighted by Gasteiger charge is -2.04. The van der Waals surface area contributed by atoms with Crippen LogP contribution in [0.2, 0.25) is 0 Å². The van der Waals surface area contributed by atoms with E-state index in [0.29, 0.717) is 22.8 Å². The summed E-state index contributed by atoms with van der Waals surface area (Å²) in [5.41, 5.74) is 1.89. The van der Waals surface area contributed by atoms with Crippen LogP contribution in [0, 0.1) is 18.7 Å². The first-order valence-corrected chi connectivity index (χ1v) is 5.18. The van der Waals surface area contributed by atoms with Gasteiger partial charge in [-0.3, -0.25) is 0 Å². The summed E-state index contributed by atoms with van der Waals surface area (Å²) in [6, 6.07) is 4.95. The van der Waals surface area contributed by atoms with E-state index in [1.165, 1.54) is 18.9 Å². The van der Waals surface area contributed by atoms with Crippen molar-refractivity contribution in [3.8, 4) is 0 Å². The molecule has 1 fully saturated rings. The molecule has 0 bridgehead atoms. The highest BCUT2D eigenvalue weighted by molar-refractivity contribution is 6.00. The minimum absolute atomic E-state index is 0.246. The number of aryl methyl sites for hydroxylation is 1. The maximum atomic E-state index is 13.3. The van der Waals surface area contributed by atoms with E-state index in [0.717, 1.165) is 6.42 Å². The van der Waals surface area contributed by atoms with Crippen molar-refractivity contribution in [2.24, 2.45) is 11.1 Å². The van der Waals surface area contributed by atoms with Crippen LogP contribution in [0.4, 0.5) is 4.39 Å². The smallest absolute Gasteiger partial charge is 0.126 e. The Morgan fingerprint density at radius 1 is 1.53 bits per heavy atom. The molecular formula is C12H14FNO. The number of rotatable bonds is 3. The molecule has 1 saturated carbocycles. The van der Waals surface area contributed by atoms with Crippen molar-refractivity contribution in [2.75, 3.05) is 0 Å². The van der Waals surface area contributed by atoms with Gasteiger partial charge in [-0.25, -0.2) is 4.39 Å². The van der Waals surface area contributed by atoms with Gasteiger partial charge < -0.3 is 5.21 Å². The van der Waals surface area contributed by atoms with Gasteiger partial charge in [0.25, 0.3) is 0 Å². The first-order valence-electron chi connectivity index (χ1n) is 5.18. The zero-order valence-electron chi connectivity index (χ0n) is 8.70. The summed E-state index contributed by atoms with van der Waals surface area (Å²) in [5.74, 6) is 0.379. The van der Waals surface area contributed by atoms with Crippen LogP contribution in [0.5, 0.6) is 0 Å². The van der Waals surface area contributed by atoms with E-state index < -0.39 is 0 Å². The Labute approximate surface area is 88.4 Å². The normalized spacial score (nSPS) is 16.8. The Hall–Kier alpha value is -1.38. The third kappa shape index (κ3) is 2.35. The summed E-state index contributed by atoms with van der Waals surface area (Å²) >= 11 is 0.